The molecule has 1 unspecified atom stereocenters. The number of carbonyl (C=O) groups is 3. The fourth-order valence-corrected chi connectivity index (χ4v) is 8.87. The van der Waals surface area contributed by atoms with E-state index in [9.17, 15) is 14.4 Å². The molecule has 6 heteroatoms. The minimum atomic E-state index is -0.785. The summed E-state index contributed by atoms with van der Waals surface area (Å²) >= 11 is 0. The molecule has 0 aliphatic rings. The van der Waals surface area contributed by atoms with E-state index in [-0.39, 0.29) is 31.1 Å². The van der Waals surface area contributed by atoms with Gasteiger partial charge < -0.3 is 14.2 Å². The van der Waals surface area contributed by atoms with Crippen LogP contribution >= 0.6 is 0 Å². The molecular formula is C68H118O6. The zero-order chi connectivity index (χ0) is 53.6. The number of hydrogen-bond donors (Lipinski definition) is 0. The van der Waals surface area contributed by atoms with Gasteiger partial charge in [0.15, 0.2) is 6.10 Å². The summed E-state index contributed by atoms with van der Waals surface area (Å²) in [6.45, 7) is 6.51. The van der Waals surface area contributed by atoms with E-state index in [0.717, 1.165) is 103 Å². The Kier molecular flexibility index (Phi) is 59.3. The molecule has 0 radical (unpaired) electrons. The molecule has 0 bridgehead atoms. The summed E-state index contributed by atoms with van der Waals surface area (Å²) < 4.78 is 16.9. The van der Waals surface area contributed by atoms with Crippen LogP contribution in [-0.4, -0.2) is 37.2 Å². The minimum Gasteiger partial charge on any atom is -0.462 e. The maximum Gasteiger partial charge on any atom is 0.306 e. The van der Waals surface area contributed by atoms with Gasteiger partial charge in [0.05, 0.1) is 0 Å². The lowest BCUT2D eigenvalue weighted by atomic mass is 10.0. The molecule has 0 aliphatic carbocycles. The Balaban J connectivity index is 4.31. The Morgan fingerprint density at radius 2 is 0.527 bits per heavy atom. The second-order valence-electron chi connectivity index (χ2n) is 20.9. The van der Waals surface area contributed by atoms with Crippen LogP contribution in [0.25, 0.3) is 0 Å². The van der Waals surface area contributed by atoms with Crippen LogP contribution in [0.3, 0.4) is 0 Å². The number of esters is 3. The van der Waals surface area contributed by atoms with Crippen molar-refractivity contribution in [2.45, 2.75) is 316 Å². The number of carbonyl (C=O) groups excluding carboxylic acids is 3. The van der Waals surface area contributed by atoms with E-state index in [1.165, 1.54) is 167 Å². The van der Waals surface area contributed by atoms with Crippen molar-refractivity contribution in [1.82, 2.24) is 0 Å². The second-order valence-corrected chi connectivity index (χ2v) is 20.9. The quantitative estimate of drug-likeness (QED) is 0.0261. The minimum absolute atomic E-state index is 0.0820. The average molecular weight is 1030 g/mol. The van der Waals surface area contributed by atoms with Gasteiger partial charge in [-0.15, -0.1) is 0 Å². The van der Waals surface area contributed by atoms with E-state index in [1.54, 1.807) is 0 Å². The summed E-state index contributed by atoms with van der Waals surface area (Å²) in [7, 11) is 0. The van der Waals surface area contributed by atoms with Gasteiger partial charge in [-0.3, -0.25) is 14.4 Å². The third kappa shape index (κ3) is 59.5. The van der Waals surface area contributed by atoms with Crippen molar-refractivity contribution >= 4 is 17.9 Å². The molecule has 0 aromatic carbocycles. The molecule has 0 amide bonds. The fourth-order valence-electron chi connectivity index (χ4n) is 8.87. The van der Waals surface area contributed by atoms with Crippen LogP contribution in [0.5, 0.6) is 0 Å². The summed E-state index contributed by atoms with van der Waals surface area (Å²) in [5.41, 5.74) is 0. The maximum absolute atomic E-state index is 12.9. The van der Waals surface area contributed by atoms with Crippen LogP contribution in [0.1, 0.15) is 310 Å². The first-order chi connectivity index (χ1) is 36.5. The van der Waals surface area contributed by atoms with Crippen LogP contribution in [0, 0.1) is 0 Å². The molecule has 0 rings (SSSR count). The SMILES string of the molecule is CC/C=C\C/C=C\C/C=C\C/C=C\CCCCCCCCCCCCCCC(=O)OCC(COC(=O)CCCCCCC/C=C\CCCCCC)OC(=O)CCCCCCCCC/C=C\C/C=C\CCCCCC. The molecule has 0 aromatic rings. The zero-order valence-corrected chi connectivity index (χ0v) is 48.8. The Labute approximate surface area is 458 Å². The molecule has 0 spiro atoms. The molecule has 0 heterocycles. The standard InChI is InChI=1S/C68H118O6/c1-4-7-10-13-16-19-22-25-27-29-31-32-33-34-35-36-37-39-40-43-46-49-52-55-58-61-67(70)73-64-65(63-72-66(69)60-57-54-51-48-45-42-24-21-18-15-12-9-6-3)74-68(71)62-59-56-53-50-47-44-41-38-30-28-26-23-20-17-14-11-8-5-2/h7,10,16,19-21,23-25,27-28,30-32,65H,4-6,8-9,11-15,17-18,22,26,29,33-64H2,1-3H3/b10-7-,19-16-,23-20-,24-21-,27-25-,30-28-,32-31-. The van der Waals surface area contributed by atoms with Gasteiger partial charge in [-0.05, 0) is 116 Å². The first-order valence-corrected chi connectivity index (χ1v) is 31.6. The van der Waals surface area contributed by atoms with Crippen molar-refractivity contribution < 1.29 is 28.6 Å². The Bertz CT molecular complexity index is 1420. The van der Waals surface area contributed by atoms with Crippen molar-refractivity contribution in [3.63, 3.8) is 0 Å². The predicted molar refractivity (Wildman–Crippen MR) is 321 cm³/mol. The van der Waals surface area contributed by atoms with Gasteiger partial charge in [0, 0.05) is 19.3 Å². The highest BCUT2D eigenvalue weighted by atomic mass is 16.6. The monoisotopic (exact) mass is 1030 g/mol. The van der Waals surface area contributed by atoms with Gasteiger partial charge in [0.1, 0.15) is 13.2 Å². The van der Waals surface area contributed by atoms with Crippen molar-refractivity contribution in [3.8, 4) is 0 Å². The largest absolute Gasteiger partial charge is 0.462 e. The lowest BCUT2D eigenvalue weighted by Crippen LogP contribution is -2.30. The molecule has 426 valence electrons. The third-order valence-electron chi connectivity index (χ3n) is 13.6. The first kappa shape index (κ1) is 70.6. The maximum atomic E-state index is 12.9. The van der Waals surface area contributed by atoms with Gasteiger partial charge in [0.25, 0.3) is 0 Å². The molecule has 6 nitrogen and oxygen atoms in total. The molecule has 0 saturated carbocycles. The molecule has 0 aromatic heterocycles. The highest BCUT2D eigenvalue weighted by Gasteiger charge is 2.19. The number of ether oxygens (including phenoxy) is 3. The van der Waals surface area contributed by atoms with E-state index < -0.39 is 6.10 Å². The van der Waals surface area contributed by atoms with Gasteiger partial charge in [-0.2, -0.15) is 0 Å². The van der Waals surface area contributed by atoms with Crippen LogP contribution in [-0.2, 0) is 28.6 Å². The molecule has 0 aliphatic heterocycles. The topological polar surface area (TPSA) is 78.9 Å². The summed E-state index contributed by atoms with van der Waals surface area (Å²) in [5.74, 6) is -0.890. The fraction of sp³-hybridized carbons (Fsp3) is 0.750. The summed E-state index contributed by atoms with van der Waals surface area (Å²) in [5, 5.41) is 0. The van der Waals surface area contributed by atoms with Crippen LogP contribution in [0.2, 0.25) is 0 Å². The van der Waals surface area contributed by atoms with Gasteiger partial charge in [-0.1, -0.05) is 260 Å². The van der Waals surface area contributed by atoms with Gasteiger partial charge in [-0.25, -0.2) is 0 Å². The highest BCUT2D eigenvalue weighted by molar-refractivity contribution is 5.71. The molecule has 0 N–H and O–H groups in total. The number of unbranched alkanes of at least 4 members (excludes halogenated alkanes) is 32. The molecule has 74 heavy (non-hydrogen) atoms. The Morgan fingerprint density at radius 1 is 0.284 bits per heavy atom. The number of rotatable bonds is 57. The molecule has 0 saturated heterocycles. The lowest BCUT2D eigenvalue weighted by molar-refractivity contribution is -0.167. The molecule has 1 atom stereocenters. The lowest BCUT2D eigenvalue weighted by Gasteiger charge is -2.18. The molecule has 0 fully saturated rings. The van der Waals surface area contributed by atoms with Crippen molar-refractivity contribution in [2.24, 2.45) is 0 Å². The first-order valence-electron chi connectivity index (χ1n) is 31.6. The number of allylic oxidation sites excluding steroid dienone is 14. The second kappa shape index (κ2) is 62.1. The summed E-state index contributed by atoms with van der Waals surface area (Å²) in [4.78, 5) is 38.3. The normalized spacial score (nSPS) is 12.6. The van der Waals surface area contributed by atoms with E-state index in [2.05, 4.69) is 106 Å². The summed E-state index contributed by atoms with van der Waals surface area (Å²) in [6.07, 6.45) is 81.5. The highest BCUT2D eigenvalue weighted by Crippen LogP contribution is 2.16. The average Bonchev–Trinajstić information content (AvgIpc) is 3.40. The van der Waals surface area contributed by atoms with Gasteiger partial charge >= 0.3 is 17.9 Å². The Hall–Kier alpha value is -3.41. The smallest absolute Gasteiger partial charge is 0.306 e. The summed E-state index contributed by atoms with van der Waals surface area (Å²) in [6, 6.07) is 0. The van der Waals surface area contributed by atoms with Crippen LogP contribution < -0.4 is 0 Å². The predicted octanol–water partition coefficient (Wildman–Crippen LogP) is 21.5. The van der Waals surface area contributed by atoms with E-state index >= 15 is 0 Å². The molecular weight excluding hydrogens is 913 g/mol. The zero-order valence-electron chi connectivity index (χ0n) is 48.8. The number of hydrogen-bond acceptors (Lipinski definition) is 6. The van der Waals surface area contributed by atoms with Crippen molar-refractivity contribution in [3.05, 3.63) is 85.1 Å². The van der Waals surface area contributed by atoms with Crippen molar-refractivity contribution in [1.29, 1.82) is 0 Å². The van der Waals surface area contributed by atoms with Crippen LogP contribution in [0.15, 0.2) is 85.1 Å². The Morgan fingerprint density at radius 3 is 0.838 bits per heavy atom. The van der Waals surface area contributed by atoms with E-state index in [4.69, 9.17) is 14.2 Å². The van der Waals surface area contributed by atoms with Crippen LogP contribution in [0.4, 0.5) is 0 Å². The van der Waals surface area contributed by atoms with E-state index in [0.29, 0.717) is 19.3 Å². The van der Waals surface area contributed by atoms with E-state index in [1.807, 2.05) is 0 Å². The van der Waals surface area contributed by atoms with Gasteiger partial charge in [0.2, 0.25) is 0 Å². The third-order valence-corrected chi connectivity index (χ3v) is 13.6. The van der Waals surface area contributed by atoms with Crippen molar-refractivity contribution in [2.75, 3.05) is 13.2 Å².